The van der Waals surface area contributed by atoms with Gasteiger partial charge in [-0.1, -0.05) is 0 Å². The fraction of sp³-hybridized carbons (Fsp3) is 0.778. The number of hydrogen-bond donors (Lipinski definition) is 1. The van der Waals surface area contributed by atoms with Crippen LogP contribution in [0.5, 0.6) is 0 Å². The number of Topliss-reactive ketones (excluding diaryl/α,β-unsaturated/α-hetero) is 1. The van der Waals surface area contributed by atoms with Crippen LogP contribution in [0.3, 0.4) is 0 Å². The minimum absolute atomic E-state index is 0.0252. The second-order valence-electron chi connectivity index (χ2n) is 3.32. The average Bonchev–Trinajstić information content (AvgIpc) is 2.51. The van der Waals surface area contributed by atoms with E-state index in [4.69, 9.17) is 0 Å². The Morgan fingerprint density at radius 3 is 2.85 bits per heavy atom. The summed E-state index contributed by atoms with van der Waals surface area (Å²) < 4.78 is 0. The molecule has 1 atom stereocenters. The van der Waals surface area contributed by atoms with E-state index in [0.717, 1.165) is 6.54 Å². The van der Waals surface area contributed by atoms with E-state index in [1.165, 1.54) is 25.5 Å². The second-order valence-corrected chi connectivity index (χ2v) is 4.73. The number of carbonyl (C=O) groups is 2. The molecule has 0 aromatic heterocycles. The lowest BCUT2D eigenvalue weighted by molar-refractivity contribution is -0.127. The maximum absolute atomic E-state index is 11.1. The highest BCUT2D eigenvalue weighted by molar-refractivity contribution is 8.00. The molecule has 1 fully saturated rings. The molecule has 0 aromatic carbocycles. The smallest absolute Gasteiger partial charge is 0.227 e. The van der Waals surface area contributed by atoms with Gasteiger partial charge in [0, 0.05) is 11.8 Å². The highest BCUT2D eigenvalue weighted by Crippen LogP contribution is 2.25. The predicted molar refractivity (Wildman–Crippen MR) is 53.8 cm³/mol. The number of rotatable bonds is 4. The molecular formula is C9H15NO2S. The molecule has 0 aliphatic carbocycles. The molecule has 0 bridgehead atoms. The van der Waals surface area contributed by atoms with Crippen LogP contribution in [0.2, 0.25) is 0 Å². The third kappa shape index (κ3) is 4.31. The molecule has 1 rings (SSSR count). The summed E-state index contributed by atoms with van der Waals surface area (Å²) in [5.74, 6) is 0.990. The summed E-state index contributed by atoms with van der Waals surface area (Å²) in [4.78, 5) is 21.7. The molecule has 4 heteroatoms. The minimum Gasteiger partial charge on any atom is -0.355 e. The molecule has 0 aromatic rings. The van der Waals surface area contributed by atoms with Crippen molar-refractivity contribution in [2.24, 2.45) is 0 Å². The molecule has 1 unspecified atom stereocenters. The van der Waals surface area contributed by atoms with Crippen molar-refractivity contribution < 1.29 is 9.59 Å². The lowest BCUT2D eigenvalue weighted by Crippen LogP contribution is -2.30. The van der Waals surface area contributed by atoms with Gasteiger partial charge in [-0.25, -0.2) is 0 Å². The summed E-state index contributed by atoms with van der Waals surface area (Å²) in [6.07, 6.45) is 2.46. The fourth-order valence-electron chi connectivity index (χ4n) is 1.32. The van der Waals surface area contributed by atoms with Crippen LogP contribution < -0.4 is 5.32 Å². The molecule has 1 aliphatic heterocycles. The van der Waals surface area contributed by atoms with Crippen molar-refractivity contribution in [2.75, 3.05) is 12.3 Å². The zero-order valence-electron chi connectivity index (χ0n) is 7.84. The van der Waals surface area contributed by atoms with Crippen molar-refractivity contribution >= 4 is 23.5 Å². The number of thioether (sulfide) groups is 1. The van der Waals surface area contributed by atoms with Gasteiger partial charge in [0.15, 0.2) is 0 Å². The zero-order valence-corrected chi connectivity index (χ0v) is 8.65. The summed E-state index contributed by atoms with van der Waals surface area (Å²) in [6.45, 7) is 2.15. The van der Waals surface area contributed by atoms with Crippen molar-refractivity contribution in [3.05, 3.63) is 0 Å². The fourth-order valence-corrected chi connectivity index (χ4v) is 2.52. The summed E-state index contributed by atoms with van der Waals surface area (Å²) in [5.41, 5.74) is 0. The molecule has 0 radical (unpaired) electrons. The van der Waals surface area contributed by atoms with Crippen LogP contribution >= 0.6 is 11.8 Å². The SMILES string of the molecule is CC(=O)CC(=O)NCC1CCCS1. The van der Waals surface area contributed by atoms with E-state index in [1.807, 2.05) is 11.8 Å². The van der Waals surface area contributed by atoms with Crippen molar-refractivity contribution in [1.29, 1.82) is 0 Å². The number of nitrogens with one attached hydrogen (secondary N) is 1. The van der Waals surface area contributed by atoms with Gasteiger partial charge in [0.1, 0.15) is 5.78 Å². The molecule has 74 valence electrons. The number of carbonyl (C=O) groups excluding carboxylic acids is 2. The Morgan fingerprint density at radius 2 is 2.31 bits per heavy atom. The van der Waals surface area contributed by atoms with Gasteiger partial charge in [-0.2, -0.15) is 11.8 Å². The summed E-state index contributed by atoms with van der Waals surface area (Å²) in [6, 6.07) is 0. The highest BCUT2D eigenvalue weighted by atomic mass is 32.2. The van der Waals surface area contributed by atoms with Crippen LogP contribution in [-0.2, 0) is 9.59 Å². The standard InChI is InChI=1S/C9H15NO2S/c1-7(11)5-9(12)10-6-8-3-2-4-13-8/h8H,2-6H2,1H3,(H,10,12). The third-order valence-electron chi connectivity index (χ3n) is 1.96. The van der Waals surface area contributed by atoms with E-state index in [-0.39, 0.29) is 18.1 Å². The van der Waals surface area contributed by atoms with Crippen LogP contribution in [0, 0.1) is 0 Å². The molecule has 0 spiro atoms. The molecule has 1 aliphatic rings. The van der Waals surface area contributed by atoms with Crippen LogP contribution in [-0.4, -0.2) is 29.2 Å². The summed E-state index contributed by atoms with van der Waals surface area (Å²) in [5, 5.41) is 3.34. The molecule has 3 nitrogen and oxygen atoms in total. The number of amides is 1. The zero-order chi connectivity index (χ0) is 9.68. The first-order chi connectivity index (χ1) is 6.18. The first-order valence-corrected chi connectivity index (χ1v) is 5.61. The van der Waals surface area contributed by atoms with Crippen molar-refractivity contribution in [1.82, 2.24) is 5.32 Å². The maximum atomic E-state index is 11.1. The first-order valence-electron chi connectivity index (χ1n) is 4.56. The van der Waals surface area contributed by atoms with Gasteiger partial charge < -0.3 is 5.32 Å². The van der Waals surface area contributed by atoms with E-state index in [2.05, 4.69) is 5.32 Å². The largest absolute Gasteiger partial charge is 0.355 e. The van der Waals surface area contributed by atoms with Gasteiger partial charge in [-0.05, 0) is 25.5 Å². The first kappa shape index (κ1) is 10.6. The molecule has 1 heterocycles. The van der Waals surface area contributed by atoms with E-state index in [0.29, 0.717) is 5.25 Å². The van der Waals surface area contributed by atoms with E-state index >= 15 is 0 Å². The number of hydrogen-bond acceptors (Lipinski definition) is 3. The molecular weight excluding hydrogens is 186 g/mol. The van der Waals surface area contributed by atoms with Crippen molar-refractivity contribution in [3.63, 3.8) is 0 Å². The van der Waals surface area contributed by atoms with Gasteiger partial charge in [0.2, 0.25) is 5.91 Å². The van der Waals surface area contributed by atoms with E-state index in [9.17, 15) is 9.59 Å². The Kier molecular flexibility index (Phi) is 4.28. The Bertz CT molecular complexity index is 200. The molecule has 13 heavy (non-hydrogen) atoms. The van der Waals surface area contributed by atoms with Crippen LogP contribution in [0.25, 0.3) is 0 Å². The predicted octanol–water partition coefficient (Wildman–Crippen LogP) is 0.977. The Morgan fingerprint density at radius 1 is 1.54 bits per heavy atom. The highest BCUT2D eigenvalue weighted by Gasteiger charge is 2.16. The van der Waals surface area contributed by atoms with Crippen LogP contribution in [0.4, 0.5) is 0 Å². The Hall–Kier alpha value is -0.510. The lowest BCUT2D eigenvalue weighted by Gasteiger charge is -2.08. The topological polar surface area (TPSA) is 46.2 Å². The van der Waals surface area contributed by atoms with Crippen LogP contribution in [0.1, 0.15) is 26.2 Å². The van der Waals surface area contributed by atoms with Gasteiger partial charge in [0.05, 0.1) is 6.42 Å². The quantitative estimate of drug-likeness (QED) is 0.690. The third-order valence-corrected chi connectivity index (χ3v) is 3.36. The van der Waals surface area contributed by atoms with Gasteiger partial charge >= 0.3 is 0 Å². The van der Waals surface area contributed by atoms with E-state index in [1.54, 1.807) is 0 Å². The summed E-state index contributed by atoms with van der Waals surface area (Å²) in [7, 11) is 0. The van der Waals surface area contributed by atoms with Crippen molar-refractivity contribution in [3.8, 4) is 0 Å². The Balaban J connectivity index is 2.10. The normalized spacial score (nSPS) is 21.5. The maximum Gasteiger partial charge on any atom is 0.227 e. The average molecular weight is 201 g/mol. The van der Waals surface area contributed by atoms with Gasteiger partial charge in [-0.15, -0.1) is 0 Å². The van der Waals surface area contributed by atoms with Crippen molar-refractivity contribution in [2.45, 2.75) is 31.4 Å². The van der Waals surface area contributed by atoms with Crippen LogP contribution in [0.15, 0.2) is 0 Å². The lowest BCUT2D eigenvalue weighted by atomic mass is 10.2. The molecule has 1 saturated heterocycles. The Labute approximate surface area is 82.6 Å². The van der Waals surface area contributed by atoms with Gasteiger partial charge in [0.25, 0.3) is 0 Å². The minimum atomic E-state index is -0.139. The van der Waals surface area contributed by atoms with E-state index < -0.39 is 0 Å². The molecule has 1 N–H and O–H groups in total. The summed E-state index contributed by atoms with van der Waals surface area (Å²) >= 11 is 1.90. The second kappa shape index (κ2) is 5.27. The monoisotopic (exact) mass is 201 g/mol. The molecule has 1 amide bonds. The number of ketones is 1. The van der Waals surface area contributed by atoms with Gasteiger partial charge in [-0.3, -0.25) is 9.59 Å². The molecule has 0 saturated carbocycles.